The molecule has 11 nitrogen and oxygen atoms in total. The van der Waals surface area contributed by atoms with Crippen molar-refractivity contribution in [3.05, 3.63) is 69.6 Å². The molecular weight excluding hydrogens is 631 g/mol. The maximum atomic E-state index is 13.7. The van der Waals surface area contributed by atoms with Crippen LogP contribution in [0.3, 0.4) is 0 Å². The number of hydrogen-bond acceptors (Lipinski definition) is 8. The van der Waals surface area contributed by atoms with Crippen LogP contribution in [0.25, 0.3) is 11.1 Å². The molecule has 2 N–H and O–H groups in total. The van der Waals surface area contributed by atoms with Crippen LogP contribution in [0, 0.1) is 0 Å². The van der Waals surface area contributed by atoms with Crippen LogP contribution in [0.4, 0.5) is 19.0 Å². The lowest BCUT2D eigenvalue weighted by Crippen LogP contribution is -2.51. The fourth-order valence-electron chi connectivity index (χ4n) is 5.83. The summed E-state index contributed by atoms with van der Waals surface area (Å²) in [7, 11) is 0. The molecule has 2 aliphatic heterocycles. The number of ether oxygens (including phenoxy) is 3. The number of carbonyl (C=O) groups is 2. The van der Waals surface area contributed by atoms with Crippen molar-refractivity contribution >= 4 is 17.6 Å². The van der Waals surface area contributed by atoms with E-state index in [9.17, 15) is 27.6 Å². The summed E-state index contributed by atoms with van der Waals surface area (Å²) in [5.41, 5.74) is 0.949. The number of aromatic nitrogens is 2. The van der Waals surface area contributed by atoms with Gasteiger partial charge in [-0.05, 0) is 86.6 Å². The predicted octanol–water partition coefficient (Wildman–Crippen LogP) is 4.95. The molecule has 1 atom stereocenters. The summed E-state index contributed by atoms with van der Waals surface area (Å²) < 4.78 is 57.4. The van der Waals surface area contributed by atoms with E-state index in [1.165, 1.54) is 29.2 Å². The highest BCUT2D eigenvalue weighted by Crippen LogP contribution is 2.35. The zero-order chi connectivity index (χ0) is 33.9. The second-order valence-electron chi connectivity index (χ2n) is 12.6. The Morgan fingerprint density at radius 1 is 1.06 bits per heavy atom. The molecule has 0 bridgehead atoms. The monoisotopic (exact) mass is 669 g/mol. The first-order chi connectivity index (χ1) is 23.0. The summed E-state index contributed by atoms with van der Waals surface area (Å²) in [6.45, 7) is 2.05. The Balaban J connectivity index is 1.31. The van der Waals surface area contributed by atoms with Crippen molar-refractivity contribution in [3.63, 3.8) is 0 Å². The fraction of sp³-hybridized carbons (Fsp3) is 0.471. The minimum absolute atomic E-state index is 0.00505. The van der Waals surface area contributed by atoms with Crippen LogP contribution < -0.4 is 25.7 Å². The van der Waals surface area contributed by atoms with Crippen molar-refractivity contribution in [2.75, 3.05) is 31.6 Å². The van der Waals surface area contributed by atoms with Crippen molar-refractivity contribution < 1.29 is 37.0 Å². The van der Waals surface area contributed by atoms with E-state index >= 15 is 0 Å². The highest BCUT2D eigenvalue weighted by Gasteiger charge is 2.33. The van der Waals surface area contributed by atoms with Crippen molar-refractivity contribution in [2.45, 2.75) is 77.1 Å². The third-order valence-corrected chi connectivity index (χ3v) is 8.29. The molecule has 48 heavy (non-hydrogen) atoms. The van der Waals surface area contributed by atoms with Crippen molar-refractivity contribution in [1.82, 2.24) is 19.8 Å². The van der Waals surface area contributed by atoms with Gasteiger partial charge in [0.1, 0.15) is 23.3 Å². The molecule has 1 aromatic carbocycles. The largest absolute Gasteiger partial charge is 0.475 e. The van der Waals surface area contributed by atoms with Crippen LogP contribution in [-0.4, -0.2) is 77.5 Å². The number of pyridine rings is 2. The van der Waals surface area contributed by atoms with Crippen LogP contribution in [0.15, 0.2) is 47.4 Å². The van der Waals surface area contributed by atoms with Gasteiger partial charge in [-0.2, -0.15) is 13.8 Å². The molecule has 3 fully saturated rings. The van der Waals surface area contributed by atoms with E-state index in [-0.39, 0.29) is 59.9 Å². The van der Waals surface area contributed by atoms with Gasteiger partial charge in [-0.15, -0.1) is 0 Å². The Hall–Kier alpha value is -4.43. The van der Waals surface area contributed by atoms with E-state index in [2.05, 4.69) is 20.4 Å². The zero-order valence-corrected chi connectivity index (χ0v) is 26.7. The number of halogens is 3. The average Bonchev–Trinajstić information content (AvgIpc) is 3.73. The van der Waals surface area contributed by atoms with Gasteiger partial charge in [0.25, 0.3) is 17.4 Å². The third-order valence-electron chi connectivity index (χ3n) is 8.29. The van der Waals surface area contributed by atoms with Crippen LogP contribution in [0.5, 0.6) is 11.6 Å². The average molecular weight is 670 g/mol. The first kappa shape index (κ1) is 33.5. The van der Waals surface area contributed by atoms with Crippen molar-refractivity contribution in [2.24, 2.45) is 0 Å². The summed E-state index contributed by atoms with van der Waals surface area (Å²) in [6, 6.07) is 8.52. The number of nitrogens with one attached hydrogen (secondary N) is 2. The van der Waals surface area contributed by atoms with Gasteiger partial charge in [0.2, 0.25) is 5.88 Å². The topological polar surface area (TPSA) is 124 Å². The SMILES string of the molecule is CC(C)Oc1cc(-c2ccc(OC(F)F)cc2C(=O)N2CC(F)C2)cc(NC(=O)c2cc(CNC[C@@H]3CCCO3)cn(C3CC3)c2=O)n1. The predicted molar refractivity (Wildman–Crippen MR) is 170 cm³/mol. The van der Waals surface area contributed by atoms with Gasteiger partial charge in [0.15, 0.2) is 0 Å². The number of carbonyl (C=O) groups excluding carboxylic acids is 2. The zero-order valence-electron chi connectivity index (χ0n) is 26.7. The standard InChI is InChI=1S/C34H38F3N5O6/c1-19(2)47-30-12-21(26-8-7-24(48-34(36)37)13-27(26)32(44)41-17-22(35)18-41)11-29(39-30)40-31(43)28-10-20(14-38-15-25-4-3-9-46-25)16-42(33(28)45)23-5-6-23/h7-8,10-13,16,19,22-23,25,34,38H,3-6,9,14-15,17-18H2,1-2H3,(H,39,40,43)/t25-/m0/s1. The van der Waals surface area contributed by atoms with Crippen LogP contribution in [-0.2, 0) is 11.3 Å². The molecule has 2 aromatic heterocycles. The minimum Gasteiger partial charge on any atom is -0.475 e. The summed E-state index contributed by atoms with van der Waals surface area (Å²) in [6.07, 6.45) is 4.14. The Bertz CT molecular complexity index is 1720. The van der Waals surface area contributed by atoms with Gasteiger partial charge in [0.05, 0.1) is 30.9 Å². The van der Waals surface area contributed by atoms with Crippen molar-refractivity contribution in [1.29, 1.82) is 0 Å². The van der Waals surface area contributed by atoms with Gasteiger partial charge in [-0.3, -0.25) is 14.4 Å². The molecule has 256 valence electrons. The number of rotatable bonds is 13. The number of alkyl halides is 3. The first-order valence-electron chi connectivity index (χ1n) is 16.1. The highest BCUT2D eigenvalue weighted by molar-refractivity contribution is 6.05. The Morgan fingerprint density at radius 2 is 1.85 bits per heavy atom. The summed E-state index contributed by atoms with van der Waals surface area (Å²) in [5.74, 6) is -1.35. The molecule has 1 saturated carbocycles. The molecule has 2 saturated heterocycles. The second-order valence-corrected chi connectivity index (χ2v) is 12.6. The number of anilines is 1. The molecule has 0 radical (unpaired) electrons. The van der Waals surface area contributed by atoms with Crippen LogP contribution >= 0.6 is 0 Å². The Kier molecular flexibility index (Phi) is 10.0. The van der Waals surface area contributed by atoms with E-state index in [1.54, 1.807) is 36.7 Å². The lowest BCUT2D eigenvalue weighted by molar-refractivity contribution is -0.0499. The lowest BCUT2D eigenvalue weighted by atomic mass is 9.97. The quantitative estimate of drug-likeness (QED) is 0.262. The van der Waals surface area contributed by atoms with Gasteiger partial charge >= 0.3 is 6.61 Å². The normalized spacial score (nSPS) is 17.9. The molecule has 1 aliphatic carbocycles. The first-order valence-corrected chi connectivity index (χ1v) is 16.1. The Morgan fingerprint density at radius 3 is 2.52 bits per heavy atom. The molecule has 0 spiro atoms. The molecule has 3 aliphatic rings. The van der Waals surface area contributed by atoms with E-state index < -0.39 is 30.2 Å². The van der Waals surface area contributed by atoms with E-state index in [1.807, 2.05) is 0 Å². The number of benzene rings is 1. The minimum atomic E-state index is -3.12. The molecule has 4 heterocycles. The van der Waals surface area contributed by atoms with Gasteiger partial charge in [-0.25, -0.2) is 4.39 Å². The maximum Gasteiger partial charge on any atom is 0.387 e. The lowest BCUT2D eigenvalue weighted by Gasteiger charge is -2.34. The van der Waals surface area contributed by atoms with E-state index in [4.69, 9.17) is 9.47 Å². The fourth-order valence-corrected chi connectivity index (χ4v) is 5.83. The smallest absolute Gasteiger partial charge is 0.387 e. The second kappa shape index (κ2) is 14.4. The molecule has 2 amide bonds. The maximum absolute atomic E-state index is 13.7. The van der Waals surface area contributed by atoms with E-state index in [0.717, 1.165) is 37.9 Å². The summed E-state index contributed by atoms with van der Waals surface area (Å²) in [4.78, 5) is 46.2. The van der Waals surface area contributed by atoms with Crippen LogP contribution in [0.1, 0.15) is 71.9 Å². The van der Waals surface area contributed by atoms with Crippen molar-refractivity contribution in [3.8, 4) is 22.8 Å². The summed E-state index contributed by atoms with van der Waals surface area (Å²) >= 11 is 0. The number of amides is 2. The highest BCUT2D eigenvalue weighted by atomic mass is 19.3. The molecule has 3 aromatic rings. The Labute approximate surface area is 275 Å². The van der Waals surface area contributed by atoms with Gasteiger partial charge in [-0.1, -0.05) is 0 Å². The van der Waals surface area contributed by atoms with Gasteiger partial charge < -0.3 is 34.3 Å². The number of hydrogen-bond donors (Lipinski definition) is 2. The van der Waals surface area contributed by atoms with Gasteiger partial charge in [0, 0.05) is 38.0 Å². The number of nitrogens with zero attached hydrogens (tertiary/aromatic N) is 3. The van der Waals surface area contributed by atoms with Crippen LogP contribution in [0.2, 0.25) is 0 Å². The molecule has 14 heteroatoms. The molecule has 6 rings (SSSR count). The summed E-state index contributed by atoms with van der Waals surface area (Å²) in [5, 5.41) is 6.08. The van der Waals surface area contributed by atoms with E-state index in [0.29, 0.717) is 24.2 Å². The third kappa shape index (κ3) is 7.98. The molecular formula is C34H38F3N5O6. The number of likely N-dealkylation sites (tertiary alicyclic amines) is 1. The molecule has 0 unspecified atom stereocenters.